The van der Waals surface area contributed by atoms with Crippen molar-refractivity contribution in [2.24, 2.45) is 5.41 Å². The minimum absolute atomic E-state index is 0.202. The third-order valence-electron chi connectivity index (χ3n) is 3.93. The third-order valence-corrected chi connectivity index (χ3v) is 3.93. The average molecular weight is 216 g/mol. The number of fused-ring (bicyclic) bond motifs is 1. The second kappa shape index (κ2) is 3.62. The predicted molar refractivity (Wildman–Crippen MR) is 61.8 cm³/mol. The van der Waals surface area contributed by atoms with Crippen LogP contribution < -0.4 is 4.74 Å². The molecule has 0 N–H and O–H groups in total. The number of rotatable bonds is 0. The van der Waals surface area contributed by atoms with Crippen LogP contribution in [0.5, 0.6) is 5.75 Å². The largest absolute Gasteiger partial charge is 0.492 e. The van der Waals surface area contributed by atoms with Gasteiger partial charge in [-0.3, -0.25) is 4.79 Å². The van der Waals surface area contributed by atoms with Gasteiger partial charge in [0.05, 0.1) is 11.0 Å². The van der Waals surface area contributed by atoms with Gasteiger partial charge >= 0.3 is 0 Å². The Balaban J connectivity index is 2.00. The smallest absolute Gasteiger partial charge is 0.176 e. The van der Waals surface area contributed by atoms with Crippen molar-refractivity contribution < 1.29 is 9.53 Å². The topological polar surface area (TPSA) is 26.3 Å². The van der Waals surface area contributed by atoms with E-state index < -0.39 is 0 Å². The van der Waals surface area contributed by atoms with Crippen molar-refractivity contribution in [2.75, 3.05) is 6.61 Å². The van der Waals surface area contributed by atoms with Gasteiger partial charge in [-0.25, -0.2) is 0 Å². The Hall–Kier alpha value is -1.31. The highest BCUT2D eigenvalue weighted by atomic mass is 16.5. The summed E-state index contributed by atoms with van der Waals surface area (Å²) < 4.78 is 5.77. The number of benzene rings is 1. The van der Waals surface area contributed by atoms with Crippen molar-refractivity contribution in [2.45, 2.75) is 32.1 Å². The van der Waals surface area contributed by atoms with Crippen LogP contribution in [0.25, 0.3) is 0 Å². The minimum atomic E-state index is -0.202. The normalized spacial score (nSPS) is 22.6. The second-order valence-corrected chi connectivity index (χ2v) is 4.95. The number of Topliss-reactive ketones (excluding diaryl/α,β-unsaturated/α-hetero) is 1. The lowest BCUT2D eigenvalue weighted by Crippen LogP contribution is -2.42. The molecule has 1 spiro atoms. The Morgan fingerprint density at radius 2 is 1.81 bits per heavy atom. The Bertz CT molecular complexity index is 416. The van der Waals surface area contributed by atoms with Crippen LogP contribution in [0.1, 0.15) is 42.5 Å². The van der Waals surface area contributed by atoms with Crippen LogP contribution in [-0.2, 0) is 0 Å². The molecule has 0 amide bonds. The van der Waals surface area contributed by atoms with E-state index >= 15 is 0 Å². The average Bonchev–Trinajstić information content (AvgIpc) is 2.36. The van der Waals surface area contributed by atoms with Crippen molar-refractivity contribution >= 4 is 5.78 Å². The molecule has 2 nitrogen and oxygen atoms in total. The summed E-state index contributed by atoms with van der Waals surface area (Å²) in [6.45, 7) is 0.586. The zero-order valence-corrected chi connectivity index (χ0v) is 9.37. The molecule has 0 saturated heterocycles. The van der Waals surface area contributed by atoms with Crippen molar-refractivity contribution in [1.82, 2.24) is 0 Å². The lowest BCUT2D eigenvalue weighted by molar-refractivity contribution is 0.0482. The molecule has 16 heavy (non-hydrogen) atoms. The molecule has 1 fully saturated rings. The van der Waals surface area contributed by atoms with Crippen molar-refractivity contribution in [3.63, 3.8) is 0 Å². The maximum Gasteiger partial charge on any atom is 0.176 e. The standard InChI is InChI=1S/C14H16O2/c15-13-11-6-2-3-7-12(11)16-10-14(13)8-4-1-5-9-14/h2-3,6-7H,1,4-5,8-10H2. The molecule has 1 aliphatic carbocycles. The third kappa shape index (κ3) is 1.36. The first-order valence-electron chi connectivity index (χ1n) is 6.08. The molecule has 1 saturated carbocycles. The van der Waals surface area contributed by atoms with E-state index in [-0.39, 0.29) is 5.41 Å². The summed E-state index contributed by atoms with van der Waals surface area (Å²) in [5, 5.41) is 0. The highest BCUT2D eigenvalue weighted by molar-refractivity contribution is 6.03. The van der Waals surface area contributed by atoms with Crippen LogP contribution in [0.15, 0.2) is 24.3 Å². The van der Waals surface area contributed by atoms with E-state index in [0.717, 1.165) is 37.0 Å². The fourth-order valence-corrected chi connectivity index (χ4v) is 2.95. The summed E-state index contributed by atoms with van der Waals surface area (Å²) in [4.78, 5) is 12.5. The van der Waals surface area contributed by atoms with Crippen molar-refractivity contribution in [1.29, 1.82) is 0 Å². The molecule has 0 bridgehead atoms. The fourth-order valence-electron chi connectivity index (χ4n) is 2.95. The Morgan fingerprint density at radius 3 is 2.62 bits per heavy atom. The molecular weight excluding hydrogens is 200 g/mol. The van der Waals surface area contributed by atoms with Crippen LogP contribution in [0.3, 0.4) is 0 Å². The molecule has 0 unspecified atom stereocenters. The lowest BCUT2D eigenvalue weighted by atomic mass is 9.69. The van der Waals surface area contributed by atoms with Crippen molar-refractivity contribution in [3.8, 4) is 5.75 Å². The summed E-state index contributed by atoms with van der Waals surface area (Å²) in [5.74, 6) is 1.08. The Kier molecular flexibility index (Phi) is 2.23. The van der Waals surface area contributed by atoms with E-state index in [1.165, 1.54) is 6.42 Å². The van der Waals surface area contributed by atoms with Gasteiger partial charge in [0.15, 0.2) is 5.78 Å². The van der Waals surface area contributed by atoms with Gasteiger partial charge in [0.2, 0.25) is 0 Å². The molecule has 3 rings (SSSR count). The molecular formula is C14H16O2. The molecule has 1 heterocycles. The summed E-state index contributed by atoms with van der Waals surface area (Å²) in [6.07, 6.45) is 5.59. The van der Waals surface area contributed by atoms with Crippen LogP contribution in [0, 0.1) is 5.41 Å². The fraction of sp³-hybridized carbons (Fsp3) is 0.500. The summed E-state index contributed by atoms with van der Waals surface area (Å²) >= 11 is 0. The van der Waals surface area contributed by atoms with Gasteiger partial charge < -0.3 is 4.74 Å². The molecule has 2 heteroatoms. The van der Waals surface area contributed by atoms with Gasteiger partial charge in [0, 0.05) is 0 Å². The summed E-state index contributed by atoms with van der Waals surface area (Å²) in [6, 6.07) is 7.63. The van der Waals surface area contributed by atoms with Gasteiger partial charge in [-0.15, -0.1) is 0 Å². The summed E-state index contributed by atoms with van der Waals surface area (Å²) in [5.41, 5.74) is 0.586. The first-order valence-corrected chi connectivity index (χ1v) is 6.08. The maximum atomic E-state index is 12.5. The van der Waals surface area contributed by atoms with Gasteiger partial charge in [0.25, 0.3) is 0 Å². The predicted octanol–water partition coefficient (Wildman–Crippen LogP) is 3.21. The number of para-hydroxylation sites is 1. The zero-order chi connectivity index (χ0) is 11.0. The van der Waals surface area contributed by atoms with Crippen LogP contribution in [0.2, 0.25) is 0 Å². The van der Waals surface area contributed by atoms with Gasteiger partial charge in [-0.2, -0.15) is 0 Å². The number of carbonyl (C=O) groups is 1. The van der Waals surface area contributed by atoms with E-state index in [9.17, 15) is 4.79 Å². The van der Waals surface area contributed by atoms with Crippen molar-refractivity contribution in [3.05, 3.63) is 29.8 Å². The number of ketones is 1. The number of carbonyl (C=O) groups excluding carboxylic acids is 1. The molecule has 1 aliphatic heterocycles. The highest BCUT2D eigenvalue weighted by Crippen LogP contribution is 2.44. The molecule has 1 aromatic carbocycles. The van der Waals surface area contributed by atoms with E-state index in [1.54, 1.807) is 0 Å². The number of hydrogen-bond donors (Lipinski definition) is 0. The van der Waals surface area contributed by atoms with E-state index in [2.05, 4.69) is 0 Å². The Morgan fingerprint density at radius 1 is 1.06 bits per heavy atom. The minimum Gasteiger partial charge on any atom is -0.492 e. The van der Waals surface area contributed by atoms with Crippen LogP contribution in [-0.4, -0.2) is 12.4 Å². The molecule has 0 radical (unpaired) electrons. The molecule has 84 valence electrons. The number of hydrogen-bond acceptors (Lipinski definition) is 2. The molecule has 0 aromatic heterocycles. The first kappa shape index (κ1) is 9.88. The summed E-state index contributed by atoms with van der Waals surface area (Å²) in [7, 11) is 0. The van der Waals surface area contributed by atoms with E-state index in [4.69, 9.17) is 4.74 Å². The van der Waals surface area contributed by atoms with Gasteiger partial charge in [-0.05, 0) is 25.0 Å². The second-order valence-electron chi connectivity index (χ2n) is 4.95. The molecule has 2 aliphatic rings. The highest BCUT2D eigenvalue weighted by Gasteiger charge is 2.44. The maximum absolute atomic E-state index is 12.5. The SMILES string of the molecule is O=C1c2ccccc2OCC12CCCCC2. The van der Waals surface area contributed by atoms with E-state index in [0.29, 0.717) is 12.4 Å². The lowest BCUT2D eigenvalue weighted by Gasteiger charge is -2.39. The van der Waals surface area contributed by atoms with Gasteiger partial charge in [-0.1, -0.05) is 31.4 Å². The molecule has 1 aromatic rings. The van der Waals surface area contributed by atoms with Gasteiger partial charge in [0.1, 0.15) is 12.4 Å². The first-order chi connectivity index (χ1) is 7.82. The number of ether oxygens (including phenoxy) is 1. The van der Waals surface area contributed by atoms with Crippen LogP contribution in [0.4, 0.5) is 0 Å². The molecule has 0 atom stereocenters. The Labute approximate surface area is 95.6 Å². The van der Waals surface area contributed by atoms with Crippen LogP contribution >= 0.6 is 0 Å². The zero-order valence-electron chi connectivity index (χ0n) is 9.37. The van der Waals surface area contributed by atoms with E-state index in [1.807, 2.05) is 24.3 Å². The monoisotopic (exact) mass is 216 g/mol. The quantitative estimate of drug-likeness (QED) is 0.665.